The van der Waals surface area contributed by atoms with Gasteiger partial charge in [-0.15, -0.1) is 10.8 Å². The van der Waals surface area contributed by atoms with Crippen LogP contribution < -0.4 is 19.7 Å². The van der Waals surface area contributed by atoms with E-state index < -0.39 is 34.9 Å². The molecule has 0 spiro atoms. The van der Waals surface area contributed by atoms with Gasteiger partial charge in [0.05, 0.1) is 30.2 Å². The molecule has 1 heterocycles. The summed E-state index contributed by atoms with van der Waals surface area (Å²) in [5.74, 6) is 0.162. The largest absolute Gasteiger partial charge is 0.494 e. The van der Waals surface area contributed by atoms with Crippen molar-refractivity contribution in [3.63, 3.8) is 0 Å². The number of nitrogens with zero attached hydrogens (tertiary/aromatic N) is 1. The molecule has 11 heteroatoms. The van der Waals surface area contributed by atoms with E-state index in [1.54, 1.807) is 18.2 Å². The van der Waals surface area contributed by atoms with Crippen LogP contribution in [0.3, 0.4) is 0 Å². The lowest BCUT2D eigenvalue weighted by atomic mass is 10.0. The first-order valence-corrected chi connectivity index (χ1v) is 13.2. The molecule has 1 saturated heterocycles. The van der Waals surface area contributed by atoms with Crippen molar-refractivity contribution in [3.8, 4) is 5.75 Å². The van der Waals surface area contributed by atoms with Crippen LogP contribution in [0.15, 0.2) is 48.5 Å². The summed E-state index contributed by atoms with van der Waals surface area (Å²) in [6.45, 7) is 2.35. The van der Waals surface area contributed by atoms with Crippen LogP contribution in [0.2, 0.25) is 0 Å². The molecular weight excluding hydrogens is 474 g/mol. The number of nitrogens with one attached hydrogen (secondary N) is 2. The smallest absolute Gasteiger partial charge is 0.404 e. The molecule has 192 valence electrons. The van der Waals surface area contributed by atoms with Crippen LogP contribution in [0.4, 0.5) is 10.5 Å². The Labute approximate surface area is 206 Å². The summed E-state index contributed by atoms with van der Waals surface area (Å²) in [7, 11) is -3.00. The molecule has 1 aliphatic heterocycles. The number of aliphatic hydroxyl groups is 1. The van der Waals surface area contributed by atoms with Gasteiger partial charge in [-0.25, -0.2) is 4.79 Å². The minimum Gasteiger partial charge on any atom is -0.494 e. The standard InChI is InChI=1S/C24H33N3O7S/c1-2-34-20-14-18(13-19(15-20)27-10-6-7-11-35(27,32)33)23(29)26-21(22(28)16-25-24(30)31)12-17-8-4-3-5-9-17/h3-5,8-9,13-15,21-22,25,28,32-33H,2,6-7,10-12,16H2,1H3,(H,26,29)(H,30,31)/t21-,22+/m0/s1. The van der Waals surface area contributed by atoms with Gasteiger partial charge < -0.3 is 25.6 Å². The van der Waals surface area contributed by atoms with Crippen LogP contribution >= 0.6 is 10.8 Å². The van der Waals surface area contributed by atoms with Gasteiger partial charge in [-0.1, -0.05) is 30.3 Å². The molecule has 3 rings (SSSR count). The Morgan fingerprint density at radius 2 is 1.89 bits per heavy atom. The number of carbonyl (C=O) groups excluding carboxylic acids is 1. The van der Waals surface area contributed by atoms with E-state index in [1.807, 2.05) is 37.3 Å². The number of aliphatic hydroxyl groups excluding tert-OH is 1. The molecule has 0 radical (unpaired) electrons. The van der Waals surface area contributed by atoms with E-state index in [1.165, 1.54) is 4.31 Å². The molecule has 0 aliphatic carbocycles. The zero-order valence-corrected chi connectivity index (χ0v) is 20.4. The number of carboxylic acid groups (broad SMARTS) is 1. The van der Waals surface area contributed by atoms with Gasteiger partial charge >= 0.3 is 6.09 Å². The first-order chi connectivity index (χ1) is 16.7. The Kier molecular flexibility index (Phi) is 9.21. The summed E-state index contributed by atoms with van der Waals surface area (Å²) in [5, 5.41) is 24.5. The average Bonchev–Trinajstić information content (AvgIpc) is 2.82. The number of benzene rings is 2. The third-order valence-corrected chi connectivity index (χ3v) is 7.61. The van der Waals surface area contributed by atoms with Crippen LogP contribution in [0.5, 0.6) is 5.75 Å². The van der Waals surface area contributed by atoms with Gasteiger partial charge in [-0.05, 0) is 43.9 Å². The number of anilines is 1. The summed E-state index contributed by atoms with van der Waals surface area (Å²) in [6, 6.07) is 13.2. The number of rotatable bonds is 10. The highest BCUT2D eigenvalue weighted by Crippen LogP contribution is 2.50. The molecule has 0 aromatic heterocycles. The molecule has 2 amide bonds. The Balaban J connectivity index is 1.87. The molecule has 1 aliphatic rings. The molecule has 2 atom stereocenters. The van der Waals surface area contributed by atoms with Crippen molar-refractivity contribution in [1.82, 2.24) is 10.6 Å². The first kappa shape index (κ1) is 26.6. The maximum Gasteiger partial charge on any atom is 0.404 e. The predicted octanol–water partition coefficient (Wildman–Crippen LogP) is 3.32. The molecule has 0 unspecified atom stereocenters. The van der Waals surface area contributed by atoms with Crippen LogP contribution in [0.1, 0.15) is 35.7 Å². The van der Waals surface area contributed by atoms with Crippen molar-refractivity contribution in [2.75, 3.05) is 29.8 Å². The Morgan fingerprint density at radius 3 is 2.54 bits per heavy atom. The van der Waals surface area contributed by atoms with Gasteiger partial charge in [0.2, 0.25) is 0 Å². The van der Waals surface area contributed by atoms with Crippen molar-refractivity contribution in [2.45, 2.75) is 38.3 Å². The summed E-state index contributed by atoms with van der Waals surface area (Å²) in [4.78, 5) is 24.2. The van der Waals surface area contributed by atoms with E-state index >= 15 is 0 Å². The molecule has 6 N–H and O–H groups in total. The molecule has 0 bridgehead atoms. The van der Waals surface area contributed by atoms with Gasteiger partial charge in [0.1, 0.15) is 5.75 Å². The van der Waals surface area contributed by atoms with E-state index in [4.69, 9.17) is 9.84 Å². The van der Waals surface area contributed by atoms with Gasteiger partial charge in [-0.2, -0.15) is 0 Å². The highest BCUT2D eigenvalue weighted by atomic mass is 32.3. The fourth-order valence-electron chi connectivity index (χ4n) is 3.95. The number of hydrogen-bond acceptors (Lipinski definition) is 7. The SMILES string of the molecule is CCOc1cc(C(=O)N[C@@H](Cc2ccccc2)[C@H](O)CNC(=O)O)cc(N2CCCCS2(O)O)c1. The van der Waals surface area contributed by atoms with Crippen molar-refractivity contribution >= 4 is 28.5 Å². The van der Waals surface area contributed by atoms with E-state index in [0.717, 1.165) is 12.0 Å². The lowest BCUT2D eigenvalue weighted by Gasteiger charge is -2.47. The maximum absolute atomic E-state index is 13.3. The number of amides is 2. The molecular formula is C24H33N3O7S. The van der Waals surface area contributed by atoms with E-state index in [-0.39, 0.29) is 24.3 Å². The second-order valence-corrected chi connectivity index (χ2v) is 10.4. The third kappa shape index (κ3) is 7.49. The lowest BCUT2D eigenvalue weighted by molar-refractivity contribution is 0.0829. The topological polar surface area (TPSA) is 152 Å². The first-order valence-electron chi connectivity index (χ1n) is 11.5. The minimum atomic E-state index is -3.00. The molecule has 1 fully saturated rings. The number of ether oxygens (including phenoxy) is 1. The van der Waals surface area contributed by atoms with Gasteiger partial charge in [0.15, 0.2) is 0 Å². The third-order valence-electron chi connectivity index (χ3n) is 5.68. The zero-order valence-electron chi connectivity index (χ0n) is 19.6. The second kappa shape index (κ2) is 12.1. The minimum absolute atomic E-state index is 0.225. The zero-order chi connectivity index (χ0) is 25.4. The summed E-state index contributed by atoms with van der Waals surface area (Å²) < 4.78 is 28.3. The van der Waals surface area contributed by atoms with Gasteiger partial charge in [0.25, 0.3) is 5.91 Å². The average molecular weight is 508 g/mol. The van der Waals surface area contributed by atoms with E-state index in [2.05, 4.69) is 10.6 Å². The lowest BCUT2D eigenvalue weighted by Crippen LogP contribution is -2.49. The maximum atomic E-state index is 13.3. The summed E-state index contributed by atoms with van der Waals surface area (Å²) in [5.41, 5.74) is 1.55. The normalized spacial score (nSPS) is 17.7. The van der Waals surface area contributed by atoms with Crippen molar-refractivity contribution < 1.29 is 33.6 Å². The van der Waals surface area contributed by atoms with Crippen LogP contribution in [0.25, 0.3) is 0 Å². The van der Waals surface area contributed by atoms with Crippen LogP contribution in [-0.4, -0.2) is 68.9 Å². The monoisotopic (exact) mass is 507 g/mol. The van der Waals surface area contributed by atoms with Crippen LogP contribution in [0, 0.1) is 0 Å². The number of hydrogen-bond donors (Lipinski definition) is 6. The van der Waals surface area contributed by atoms with Crippen molar-refractivity contribution in [2.24, 2.45) is 0 Å². The molecule has 2 aromatic carbocycles. The Bertz CT molecular complexity index is 1010. The Morgan fingerprint density at radius 1 is 1.14 bits per heavy atom. The summed E-state index contributed by atoms with van der Waals surface area (Å²) >= 11 is 0. The fraction of sp³-hybridized carbons (Fsp3) is 0.417. The number of carbonyl (C=O) groups is 2. The molecule has 0 saturated carbocycles. The Hall–Kier alpha value is -2.99. The van der Waals surface area contributed by atoms with Gasteiger partial charge in [-0.3, -0.25) is 18.2 Å². The highest BCUT2D eigenvalue weighted by molar-refractivity contribution is 8.25. The predicted molar refractivity (Wildman–Crippen MR) is 135 cm³/mol. The fourth-order valence-corrected chi connectivity index (χ4v) is 5.63. The quantitative estimate of drug-likeness (QED) is 0.287. The highest BCUT2D eigenvalue weighted by Gasteiger charge is 2.29. The molecule has 35 heavy (non-hydrogen) atoms. The molecule has 10 nitrogen and oxygen atoms in total. The second-order valence-electron chi connectivity index (χ2n) is 8.32. The summed E-state index contributed by atoms with van der Waals surface area (Å²) in [6.07, 6.45) is -0.680. The van der Waals surface area contributed by atoms with Crippen LogP contribution in [-0.2, 0) is 6.42 Å². The van der Waals surface area contributed by atoms with E-state index in [0.29, 0.717) is 31.0 Å². The van der Waals surface area contributed by atoms with Crippen molar-refractivity contribution in [3.05, 3.63) is 59.7 Å². The van der Waals surface area contributed by atoms with Crippen molar-refractivity contribution in [1.29, 1.82) is 0 Å². The van der Waals surface area contributed by atoms with Gasteiger partial charge in [0, 0.05) is 24.7 Å². The molecule has 2 aromatic rings. The van der Waals surface area contributed by atoms with E-state index in [9.17, 15) is 23.8 Å².